The van der Waals surface area contributed by atoms with Crippen LogP contribution in [-0.2, 0) is 28.4 Å². The van der Waals surface area contributed by atoms with E-state index in [1.165, 1.54) is 21.6 Å². The van der Waals surface area contributed by atoms with Gasteiger partial charge in [0.25, 0.3) is 0 Å². The van der Waals surface area contributed by atoms with Crippen LogP contribution in [0.1, 0.15) is 54.9 Å². The lowest BCUT2D eigenvalue weighted by Crippen LogP contribution is -2.71. The maximum atomic E-state index is 12.7. The van der Waals surface area contributed by atoms with Crippen molar-refractivity contribution < 1.29 is 33.2 Å². The van der Waals surface area contributed by atoms with E-state index in [1.54, 1.807) is 46.9 Å². The molecule has 9 nitrogen and oxygen atoms in total. The number of carbonyl (C=O) groups excluding carboxylic acids is 1. The number of amides is 1. The average molecular weight is 559 g/mol. The number of carbonyl (C=O) groups is 1. The first kappa shape index (κ1) is 30.5. The molecule has 37 heavy (non-hydrogen) atoms. The van der Waals surface area contributed by atoms with Crippen molar-refractivity contribution in [1.82, 2.24) is 4.90 Å². The van der Waals surface area contributed by atoms with Crippen LogP contribution >= 0.6 is 23.5 Å². The van der Waals surface area contributed by atoms with Crippen LogP contribution in [0.25, 0.3) is 0 Å². The van der Waals surface area contributed by atoms with Crippen molar-refractivity contribution in [2.75, 3.05) is 27.0 Å². The summed E-state index contributed by atoms with van der Waals surface area (Å²) in [7, 11) is 4.79. The van der Waals surface area contributed by atoms with Gasteiger partial charge in [-0.05, 0) is 52.9 Å². The van der Waals surface area contributed by atoms with Gasteiger partial charge in [-0.1, -0.05) is 36.9 Å². The highest BCUT2D eigenvalue weighted by Crippen LogP contribution is 2.48. The maximum Gasteiger partial charge on any atom is 0.416 e. The molecule has 0 radical (unpaired) electrons. The summed E-state index contributed by atoms with van der Waals surface area (Å²) in [5, 5.41) is 0.514. The minimum absolute atomic E-state index is 0.306. The zero-order chi connectivity index (χ0) is 27.6. The van der Waals surface area contributed by atoms with Crippen LogP contribution in [-0.4, -0.2) is 90.1 Å². The molecule has 3 aliphatic heterocycles. The Hall–Kier alpha value is -1.08. The summed E-state index contributed by atoms with van der Waals surface area (Å²) in [6.07, 6.45) is 5.55. The van der Waals surface area contributed by atoms with Crippen LogP contribution < -0.4 is 0 Å². The van der Waals surface area contributed by atoms with E-state index in [0.717, 1.165) is 6.42 Å². The highest BCUT2D eigenvalue weighted by atomic mass is 32.2. The highest BCUT2D eigenvalue weighted by Gasteiger charge is 2.63. The van der Waals surface area contributed by atoms with E-state index in [4.69, 9.17) is 33.4 Å². The third kappa shape index (κ3) is 6.74. The second-order valence-electron chi connectivity index (χ2n) is 10.5. The van der Waals surface area contributed by atoms with E-state index in [-0.39, 0.29) is 11.5 Å². The summed E-state index contributed by atoms with van der Waals surface area (Å²) in [6, 6.07) is -0.406. The predicted octanol–water partition coefficient (Wildman–Crippen LogP) is 5.16. The van der Waals surface area contributed by atoms with Gasteiger partial charge in [-0.15, -0.1) is 11.8 Å². The van der Waals surface area contributed by atoms with Gasteiger partial charge < -0.3 is 28.4 Å². The van der Waals surface area contributed by atoms with Gasteiger partial charge in [0, 0.05) is 27.0 Å². The summed E-state index contributed by atoms with van der Waals surface area (Å²) >= 11 is 3.09. The van der Waals surface area contributed by atoms with Crippen molar-refractivity contribution in [3.63, 3.8) is 0 Å². The molecule has 0 saturated carbocycles. The Bertz CT molecular complexity index is 921. The van der Waals surface area contributed by atoms with Crippen molar-refractivity contribution >= 4 is 34.8 Å². The second kappa shape index (κ2) is 12.0. The molecule has 11 heteroatoms. The molecule has 0 bridgehead atoms. The Morgan fingerprint density at radius 2 is 1.81 bits per heavy atom. The van der Waals surface area contributed by atoms with Crippen molar-refractivity contribution in [3.05, 3.63) is 23.1 Å². The fraction of sp³-hybridized carbons (Fsp3) is 0.769. The van der Waals surface area contributed by atoms with Gasteiger partial charge in [-0.2, -0.15) is 0 Å². The molecule has 2 fully saturated rings. The molecule has 0 N–H and O–H groups in total. The first-order valence-corrected chi connectivity index (χ1v) is 14.4. The van der Waals surface area contributed by atoms with Gasteiger partial charge in [-0.25, -0.2) is 4.79 Å². The molecule has 0 spiro atoms. The van der Waals surface area contributed by atoms with E-state index in [0.29, 0.717) is 10.9 Å². The molecule has 7 unspecified atom stereocenters. The molecule has 3 heterocycles. The number of thioether (sulfide) groups is 2. The summed E-state index contributed by atoms with van der Waals surface area (Å²) < 4.78 is 36.8. The Labute approximate surface area is 229 Å². The Morgan fingerprint density at radius 3 is 2.38 bits per heavy atom. The van der Waals surface area contributed by atoms with Gasteiger partial charge in [0.1, 0.15) is 29.3 Å². The molecule has 210 valence electrons. The van der Waals surface area contributed by atoms with E-state index < -0.39 is 41.5 Å². The maximum absolute atomic E-state index is 12.7. The largest absolute Gasteiger partial charge is 0.443 e. The van der Waals surface area contributed by atoms with Crippen LogP contribution in [0.15, 0.2) is 28.1 Å². The topological polar surface area (TPSA) is 88.1 Å². The Morgan fingerprint density at radius 1 is 1.19 bits per heavy atom. The Kier molecular flexibility index (Phi) is 9.86. The number of methoxy groups -OCH3 is 2. The first-order valence-electron chi connectivity index (χ1n) is 12.6. The molecule has 3 aliphatic rings. The average Bonchev–Trinajstić information content (AvgIpc) is 3.26. The molecule has 3 rings (SSSR count). The van der Waals surface area contributed by atoms with Crippen molar-refractivity contribution in [3.8, 4) is 0 Å². The fourth-order valence-electron chi connectivity index (χ4n) is 4.17. The number of rotatable bonds is 7. The fourth-order valence-corrected chi connectivity index (χ4v) is 6.22. The molecule has 7 atom stereocenters. The van der Waals surface area contributed by atoms with Gasteiger partial charge in [-0.3, -0.25) is 9.89 Å². The molecule has 2 saturated heterocycles. The normalized spacial score (nSPS) is 36.2. The van der Waals surface area contributed by atoms with Crippen LogP contribution in [0.5, 0.6) is 0 Å². The number of ether oxygens (including phenoxy) is 6. The molecule has 0 aliphatic carbocycles. The van der Waals surface area contributed by atoms with Crippen molar-refractivity contribution in [2.24, 2.45) is 4.99 Å². The second-order valence-corrected chi connectivity index (χ2v) is 12.8. The van der Waals surface area contributed by atoms with E-state index in [2.05, 4.69) is 32.1 Å². The number of nitrogens with zero attached hydrogens (tertiary/aromatic N) is 2. The summed E-state index contributed by atoms with van der Waals surface area (Å²) in [6.45, 7) is 13.3. The predicted molar refractivity (Wildman–Crippen MR) is 148 cm³/mol. The Balaban J connectivity index is 1.87. The smallest absolute Gasteiger partial charge is 0.416 e. The molecule has 0 aromatic heterocycles. The summed E-state index contributed by atoms with van der Waals surface area (Å²) in [5.74, 6) is -1.69. The first-order chi connectivity index (χ1) is 17.3. The highest BCUT2D eigenvalue weighted by molar-refractivity contribution is 8.14. The quantitative estimate of drug-likeness (QED) is 0.393. The lowest BCUT2D eigenvalue weighted by molar-refractivity contribution is -0.462. The van der Waals surface area contributed by atoms with Crippen LogP contribution in [0.3, 0.4) is 0 Å². The summed E-state index contributed by atoms with van der Waals surface area (Å²) in [4.78, 5) is 20.2. The molecule has 1 amide bonds. The van der Waals surface area contributed by atoms with E-state index in [9.17, 15) is 4.79 Å². The summed E-state index contributed by atoms with van der Waals surface area (Å²) in [5.41, 5.74) is -0.970. The zero-order valence-corrected chi connectivity index (χ0v) is 25.2. The SMILES string of the molecule is CCC=CC=C(C)SCC1OC2SC(N(C)C(=O)OC(C)(C)C)=NC2C2OC(C)(OC)C(C)(OC)OC12. The van der Waals surface area contributed by atoms with Gasteiger partial charge in [0.2, 0.25) is 11.6 Å². The molecular weight excluding hydrogens is 516 g/mol. The van der Waals surface area contributed by atoms with Gasteiger partial charge in [0.05, 0.1) is 6.10 Å². The van der Waals surface area contributed by atoms with Crippen LogP contribution in [0.2, 0.25) is 0 Å². The van der Waals surface area contributed by atoms with Gasteiger partial charge >= 0.3 is 6.09 Å². The third-order valence-corrected chi connectivity index (χ3v) is 8.85. The third-order valence-electron chi connectivity index (χ3n) is 6.55. The number of aliphatic imine (C=N–C) groups is 1. The van der Waals surface area contributed by atoms with E-state index >= 15 is 0 Å². The van der Waals surface area contributed by atoms with Crippen LogP contribution in [0, 0.1) is 0 Å². The minimum atomic E-state index is -1.18. The van der Waals surface area contributed by atoms with E-state index in [1.807, 2.05) is 20.8 Å². The standard InChI is InChI=1S/C26H42N2O7S2/c1-11-12-13-14-16(2)36-15-17-19-20(34-26(7,31-10)25(6,30-9)33-19)18-21(32-17)37-22(27-18)28(8)23(29)35-24(3,4)5/h12-14,17-21H,11,15H2,1-10H3. The molecule has 0 aromatic rings. The molecule has 0 aromatic carbocycles. The van der Waals surface area contributed by atoms with Crippen molar-refractivity contribution in [2.45, 2.75) is 102 Å². The number of allylic oxidation sites excluding steroid dienone is 4. The minimum Gasteiger partial charge on any atom is -0.443 e. The number of hydrogen-bond acceptors (Lipinski definition) is 10. The van der Waals surface area contributed by atoms with Crippen LogP contribution in [0.4, 0.5) is 4.79 Å². The lowest BCUT2D eigenvalue weighted by atomic mass is 9.94. The molecular formula is C26H42N2O7S2. The van der Waals surface area contributed by atoms with Crippen molar-refractivity contribution in [1.29, 1.82) is 0 Å². The monoisotopic (exact) mass is 558 g/mol. The number of amidine groups is 1. The lowest BCUT2D eigenvalue weighted by Gasteiger charge is -2.56. The van der Waals surface area contributed by atoms with Gasteiger partial charge in [0.15, 0.2) is 5.17 Å². The number of hydrogen-bond donors (Lipinski definition) is 0. The zero-order valence-electron chi connectivity index (χ0n) is 23.6. The number of fused-ring (bicyclic) bond motifs is 3.